The number of benzene rings is 1. The lowest BCUT2D eigenvalue weighted by Crippen LogP contribution is -2.33. The highest BCUT2D eigenvalue weighted by Gasteiger charge is 2.18. The standard InChI is InChI=1S/C15H22N2S/c1-2-12-7-9-17(10-8-12)11-13-5-3-4-6-14(13)15(16)18/h3-6,12H,2,7-11H2,1H3,(H2,16,18). The van der Waals surface area contributed by atoms with Crippen LogP contribution in [-0.2, 0) is 6.54 Å². The average molecular weight is 262 g/mol. The molecule has 0 amide bonds. The summed E-state index contributed by atoms with van der Waals surface area (Å²) >= 11 is 5.11. The SMILES string of the molecule is CCC1CCN(Cc2ccccc2C(N)=S)CC1. The average Bonchev–Trinajstić information content (AvgIpc) is 2.40. The highest BCUT2D eigenvalue weighted by molar-refractivity contribution is 7.80. The summed E-state index contributed by atoms with van der Waals surface area (Å²) in [5, 5.41) is 0. The molecule has 1 aliphatic rings. The number of rotatable bonds is 4. The third-order valence-corrected chi connectivity index (χ3v) is 4.18. The fourth-order valence-electron chi connectivity index (χ4n) is 2.69. The molecule has 0 aromatic heterocycles. The first-order valence-corrected chi connectivity index (χ1v) is 7.21. The van der Waals surface area contributed by atoms with Crippen molar-refractivity contribution in [3.8, 4) is 0 Å². The van der Waals surface area contributed by atoms with Crippen LogP contribution in [0, 0.1) is 5.92 Å². The van der Waals surface area contributed by atoms with Gasteiger partial charge in [0.2, 0.25) is 0 Å². The summed E-state index contributed by atoms with van der Waals surface area (Å²) in [6, 6.07) is 8.23. The van der Waals surface area contributed by atoms with E-state index in [1.165, 1.54) is 37.9 Å². The quantitative estimate of drug-likeness (QED) is 0.846. The molecule has 1 heterocycles. The molecule has 1 aliphatic heterocycles. The summed E-state index contributed by atoms with van der Waals surface area (Å²) in [6.45, 7) is 5.67. The highest BCUT2D eigenvalue weighted by atomic mass is 32.1. The van der Waals surface area contributed by atoms with Crippen molar-refractivity contribution < 1.29 is 0 Å². The third kappa shape index (κ3) is 3.30. The lowest BCUT2D eigenvalue weighted by Gasteiger charge is -2.31. The molecule has 0 radical (unpaired) electrons. The summed E-state index contributed by atoms with van der Waals surface area (Å²) in [5.41, 5.74) is 8.07. The monoisotopic (exact) mass is 262 g/mol. The van der Waals surface area contributed by atoms with Crippen LogP contribution in [-0.4, -0.2) is 23.0 Å². The number of hydrogen-bond donors (Lipinski definition) is 1. The number of nitrogens with two attached hydrogens (primary N) is 1. The van der Waals surface area contributed by atoms with Gasteiger partial charge < -0.3 is 5.73 Å². The molecule has 0 bridgehead atoms. The summed E-state index contributed by atoms with van der Waals surface area (Å²) in [4.78, 5) is 3.03. The molecule has 18 heavy (non-hydrogen) atoms. The Balaban J connectivity index is 2.00. The number of piperidine rings is 1. The molecule has 0 spiro atoms. The van der Waals surface area contributed by atoms with Crippen LogP contribution < -0.4 is 5.73 Å². The van der Waals surface area contributed by atoms with Crippen molar-refractivity contribution >= 4 is 17.2 Å². The van der Waals surface area contributed by atoms with E-state index in [2.05, 4.69) is 24.0 Å². The first-order valence-electron chi connectivity index (χ1n) is 6.80. The minimum Gasteiger partial charge on any atom is -0.389 e. The summed E-state index contributed by atoms with van der Waals surface area (Å²) in [5.74, 6) is 0.923. The van der Waals surface area contributed by atoms with E-state index in [-0.39, 0.29) is 0 Å². The zero-order valence-corrected chi connectivity index (χ0v) is 11.9. The molecule has 2 N–H and O–H groups in total. The van der Waals surface area contributed by atoms with E-state index in [9.17, 15) is 0 Å². The van der Waals surface area contributed by atoms with Crippen molar-refractivity contribution in [3.05, 3.63) is 35.4 Å². The second-order valence-electron chi connectivity index (χ2n) is 5.15. The fourth-order valence-corrected chi connectivity index (χ4v) is 2.89. The van der Waals surface area contributed by atoms with E-state index in [1.807, 2.05) is 12.1 Å². The van der Waals surface area contributed by atoms with Gasteiger partial charge in [-0.3, -0.25) is 4.90 Å². The van der Waals surface area contributed by atoms with Crippen LogP contribution in [0.1, 0.15) is 37.3 Å². The summed E-state index contributed by atoms with van der Waals surface area (Å²) in [6.07, 6.45) is 3.97. The number of likely N-dealkylation sites (tertiary alicyclic amines) is 1. The van der Waals surface area contributed by atoms with E-state index >= 15 is 0 Å². The zero-order valence-electron chi connectivity index (χ0n) is 11.1. The first kappa shape index (κ1) is 13.5. The second kappa shape index (κ2) is 6.30. The Hall–Kier alpha value is -0.930. The molecule has 98 valence electrons. The minimum absolute atomic E-state index is 0.508. The summed E-state index contributed by atoms with van der Waals surface area (Å²) in [7, 11) is 0. The largest absolute Gasteiger partial charge is 0.389 e. The third-order valence-electron chi connectivity index (χ3n) is 3.96. The van der Waals surface area contributed by atoms with Gasteiger partial charge in [0, 0.05) is 12.1 Å². The lowest BCUT2D eigenvalue weighted by molar-refractivity contribution is 0.175. The van der Waals surface area contributed by atoms with E-state index in [1.54, 1.807) is 0 Å². The van der Waals surface area contributed by atoms with E-state index in [0.29, 0.717) is 4.99 Å². The van der Waals surface area contributed by atoms with Crippen molar-refractivity contribution in [2.45, 2.75) is 32.7 Å². The molecule has 1 fully saturated rings. The molecular formula is C15H22N2S. The van der Waals surface area contributed by atoms with Crippen LogP contribution >= 0.6 is 12.2 Å². The smallest absolute Gasteiger partial charge is 0.104 e. The van der Waals surface area contributed by atoms with Crippen molar-refractivity contribution in [3.63, 3.8) is 0 Å². The molecule has 3 heteroatoms. The van der Waals surface area contributed by atoms with Gasteiger partial charge in [0.25, 0.3) is 0 Å². The minimum atomic E-state index is 0.508. The Kier molecular flexibility index (Phi) is 4.72. The van der Waals surface area contributed by atoms with Crippen molar-refractivity contribution in [1.82, 2.24) is 4.90 Å². The van der Waals surface area contributed by atoms with Gasteiger partial charge in [-0.05, 0) is 37.4 Å². The fraction of sp³-hybridized carbons (Fsp3) is 0.533. The Labute approximate surface area is 115 Å². The van der Waals surface area contributed by atoms with Crippen LogP contribution in [0.15, 0.2) is 24.3 Å². The highest BCUT2D eigenvalue weighted by Crippen LogP contribution is 2.22. The van der Waals surface area contributed by atoms with Crippen LogP contribution in [0.3, 0.4) is 0 Å². The maximum absolute atomic E-state index is 5.78. The first-order chi connectivity index (χ1) is 8.70. The van der Waals surface area contributed by atoms with Gasteiger partial charge in [-0.2, -0.15) is 0 Å². The maximum atomic E-state index is 5.78. The van der Waals surface area contributed by atoms with Crippen LogP contribution in [0.4, 0.5) is 0 Å². The van der Waals surface area contributed by atoms with Gasteiger partial charge >= 0.3 is 0 Å². The van der Waals surface area contributed by atoms with E-state index in [4.69, 9.17) is 18.0 Å². The van der Waals surface area contributed by atoms with Crippen molar-refractivity contribution in [1.29, 1.82) is 0 Å². The second-order valence-corrected chi connectivity index (χ2v) is 5.59. The van der Waals surface area contributed by atoms with Gasteiger partial charge in [-0.1, -0.05) is 49.8 Å². The van der Waals surface area contributed by atoms with Crippen LogP contribution in [0.5, 0.6) is 0 Å². The number of nitrogens with zero attached hydrogens (tertiary/aromatic N) is 1. The summed E-state index contributed by atoms with van der Waals surface area (Å²) < 4.78 is 0. The molecule has 0 aliphatic carbocycles. The van der Waals surface area contributed by atoms with Gasteiger partial charge in [0.05, 0.1) is 0 Å². The van der Waals surface area contributed by atoms with Crippen molar-refractivity contribution in [2.75, 3.05) is 13.1 Å². The maximum Gasteiger partial charge on any atom is 0.104 e. The van der Waals surface area contributed by atoms with Gasteiger partial charge in [0.1, 0.15) is 4.99 Å². The lowest BCUT2D eigenvalue weighted by atomic mass is 9.94. The van der Waals surface area contributed by atoms with Crippen molar-refractivity contribution in [2.24, 2.45) is 11.7 Å². The molecular weight excluding hydrogens is 240 g/mol. The molecule has 0 unspecified atom stereocenters. The van der Waals surface area contributed by atoms with Gasteiger partial charge in [-0.25, -0.2) is 0 Å². The van der Waals surface area contributed by atoms with Crippen LogP contribution in [0.25, 0.3) is 0 Å². The van der Waals surface area contributed by atoms with Gasteiger partial charge in [-0.15, -0.1) is 0 Å². The van der Waals surface area contributed by atoms with Crippen LogP contribution in [0.2, 0.25) is 0 Å². The Bertz CT molecular complexity index is 409. The Morgan fingerprint density at radius 3 is 2.61 bits per heavy atom. The Morgan fingerprint density at radius 2 is 2.00 bits per heavy atom. The molecule has 2 rings (SSSR count). The number of hydrogen-bond acceptors (Lipinski definition) is 2. The molecule has 1 aromatic carbocycles. The predicted molar refractivity (Wildman–Crippen MR) is 80.6 cm³/mol. The molecule has 2 nitrogen and oxygen atoms in total. The normalized spacial score (nSPS) is 17.8. The van der Waals surface area contributed by atoms with E-state index in [0.717, 1.165) is 18.0 Å². The topological polar surface area (TPSA) is 29.3 Å². The Morgan fingerprint density at radius 1 is 1.33 bits per heavy atom. The van der Waals surface area contributed by atoms with E-state index < -0.39 is 0 Å². The molecule has 1 saturated heterocycles. The molecule has 1 aromatic rings. The number of thiocarbonyl (C=S) groups is 1. The zero-order chi connectivity index (χ0) is 13.0. The van der Waals surface area contributed by atoms with Gasteiger partial charge in [0.15, 0.2) is 0 Å². The molecule has 0 atom stereocenters. The predicted octanol–water partition coefficient (Wildman–Crippen LogP) is 2.94. The molecule has 0 saturated carbocycles.